The van der Waals surface area contributed by atoms with Crippen molar-refractivity contribution >= 4 is 11.6 Å². The van der Waals surface area contributed by atoms with Gasteiger partial charge in [0, 0.05) is 58.8 Å². The fourth-order valence-corrected chi connectivity index (χ4v) is 4.56. The summed E-state index contributed by atoms with van der Waals surface area (Å²) in [7, 11) is 0. The van der Waals surface area contributed by atoms with Crippen molar-refractivity contribution in [1.29, 1.82) is 0 Å². The van der Waals surface area contributed by atoms with E-state index in [-0.39, 0.29) is 22.8 Å². The second-order valence-corrected chi connectivity index (χ2v) is 10.5. The Morgan fingerprint density at radius 3 is 2.39 bits per heavy atom. The van der Waals surface area contributed by atoms with E-state index in [9.17, 15) is 9.59 Å². The van der Waals surface area contributed by atoms with Gasteiger partial charge in [-0.1, -0.05) is 39.8 Å². The molecule has 1 amide bonds. The Morgan fingerprint density at radius 1 is 0.944 bits per heavy atom. The zero-order valence-corrected chi connectivity index (χ0v) is 20.9. The SMILES string of the molecule is C[C@H](Cc1cc2c(c(-c3ccc(C(C)(C)C)nc3)c1)CC(=O)N2)c1cnc(-c2cc[nH]c(=O)c2)nc1. The van der Waals surface area contributed by atoms with Crippen LogP contribution in [-0.2, 0) is 23.1 Å². The monoisotopic (exact) mass is 479 g/mol. The van der Waals surface area contributed by atoms with Crippen LogP contribution in [0, 0.1) is 0 Å². The Kier molecular flexibility index (Phi) is 6.00. The van der Waals surface area contributed by atoms with Crippen LogP contribution in [0.5, 0.6) is 0 Å². The molecule has 0 aliphatic carbocycles. The smallest absolute Gasteiger partial charge is 0.248 e. The van der Waals surface area contributed by atoms with Crippen LogP contribution in [0.4, 0.5) is 5.69 Å². The lowest BCUT2D eigenvalue weighted by Crippen LogP contribution is -2.13. The van der Waals surface area contributed by atoms with E-state index in [1.165, 1.54) is 6.07 Å². The maximum atomic E-state index is 12.2. The predicted octanol–water partition coefficient (Wildman–Crippen LogP) is 5.03. The highest BCUT2D eigenvalue weighted by atomic mass is 16.1. The van der Waals surface area contributed by atoms with Crippen LogP contribution in [0.2, 0.25) is 0 Å². The summed E-state index contributed by atoms with van der Waals surface area (Å²) in [5.74, 6) is 0.688. The zero-order chi connectivity index (χ0) is 25.4. The van der Waals surface area contributed by atoms with Gasteiger partial charge in [-0.05, 0) is 52.8 Å². The number of rotatable bonds is 5. The van der Waals surface area contributed by atoms with Gasteiger partial charge in [0.05, 0.1) is 6.42 Å². The second kappa shape index (κ2) is 9.15. The van der Waals surface area contributed by atoms with Gasteiger partial charge in [0.15, 0.2) is 5.82 Å². The first kappa shape index (κ1) is 23.6. The summed E-state index contributed by atoms with van der Waals surface area (Å²) >= 11 is 0. The molecule has 0 fully saturated rings. The molecule has 7 heteroatoms. The Labute approximate surface area is 210 Å². The van der Waals surface area contributed by atoms with Crippen molar-refractivity contribution in [2.24, 2.45) is 0 Å². The first-order valence-corrected chi connectivity index (χ1v) is 12.1. The van der Waals surface area contributed by atoms with Crippen molar-refractivity contribution in [2.45, 2.75) is 51.9 Å². The lowest BCUT2D eigenvalue weighted by atomic mass is 9.89. The molecular formula is C29H29N5O2. The average Bonchev–Trinajstić information content (AvgIpc) is 3.23. The van der Waals surface area contributed by atoms with Crippen LogP contribution < -0.4 is 10.9 Å². The topological polar surface area (TPSA) is 101 Å². The molecule has 0 bridgehead atoms. The molecule has 0 saturated heterocycles. The van der Waals surface area contributed by atoms with E-state index in [0.29, 0.717) is 17.8 Å². The van der Waals surface area contributed by atoms with Gasteiger partial charge in [0.1, 0.15) is 0 Å². The minimum atomic E-state index is -0.184. The van der Waals surface area contributed by atoms with Gasteiger partial charge < -0.3 is 10.3 Å². The number of hydrogen-bond donors (Lipinski definition) is 2. The minimum Gasteiger partial charge on any atom is -0.329 e. The molecule has 4 aromatic rings. The van der Waals surface area contributed by atoms with Gasteiger partial charge in [-0.2, -0.15) is 0 Å². The lowest BCUT2D eigenvalue weighted by molar-refractivity contribution is -0.115. The van der Waals surface area contributed by atoms with Gasteiger partial charge in [0.2, 0.25) is 11.5 Å². The normalized spacial score (nSPS) is 13.8. The number of hydrogen-bond acceptors (Lipinski definition) is 5. The van der Waals surface area contributed by atoms with Gasteiger partial charge in [-0.3, -0.25) is 14.6 Å². The van der Waals surface area contributed by atoms with E-state index >= 15 is 0 Å². The largest absolute Gasteiger partial charge is 0.329 e. The Bertz CT molecular complexity index is 1480. The number of amides is 1. The van der Waals surface area contributed by atoms with Crippen molar-refractivity contribution in [3.63, 3.8) is 0 Å². The molecule has 2 N–H and O–H groups in total. The number of aromatic amines is 1. The fourth-order valence-electron chi connectivity index (χ4n) is 4.56. The Hall–Kier alpha value is -4.13. The highest BCUT2D eigenvalue weighted by Gasteiger charge is 2.24. The molecule has 182 valence electrons. The number of benzene rings is 1. The molecule has 4 heterocycles. The first-order valence-electron chi connectivity index (χ1n) is 12.1. The molecule has 0 unspecified atom stereocenters. The highest BCUT2D eigenvalue weighted by molar-refractivity contribution is 6.02. The van der Waals surface area contributed by atoms with Crippen LogP contribution in [0.25, 0.3) is 22.5 Å². The van der Waals surface area contributed by atoms with Crippen molar-refractivity contribution < 1.29 is 4.79 Å². The molecule has 1 aliphatic heterocycles. The van der Waals surface area contributed by atoms with E-state index in [1.54, 1.807) is 12.3 Å². The van der Waals surface area contributed by atoms with Crippen molar-refractivity contribution in [1.82, 2.24) is 19.9 Å². The van der Waals surface area contributed by atoms with E-state index in [0.717, 1.165) is 45.6 Å². The molecule has 7 nitrogen and oxygen atoms in total. The van der Waals surface area contributed by atoms with Gasteiger partial charge in [-0.25, -0.2) is 9.97 Å². The van der Waals surface area contributed by atoms with Crippen molar-refractivity contribution in [3.05, 3.63) is 93.9 Å². The molecular weight excluding hydrogens is 450 g/mol. The molecule has 1 aromatic carbocycles. The maximum Gasteiger partial charge on any atom is 0.248 e. The van der Waals surface area contributed by atoms with Crippen molar-refractivity contribution in [3.8, 4) is 22.5 Å². The molecule has 0 spiro atoms. The van der Waals surface area contributed by atoms with E-state index in [2.05, 4.69) is 72.2 Å². The molecule has 1 atom stereocenters. The summed E-state index contributed by atoms with van der Waals surface area (Å²) in [4.78, 5) is 40.1. The quantitative estimate of drug-likeness (QED) is 0.418. The molecule has 5 rings (SSSR count). The number of H-pyrrole nitrogens is 1. The molecule has 0 saturated carbocycles. The summed E-state index contributed by atoms with van der Waals surface area (Å²) in [5.41, 5.74) is 7.58. The Morgan fingerprint density at radius 2 is 1.72 bits per heavy atom. The third kappa shape index (κ3) is 4.82. The fraction of sp³-hybridized carbons (Fsp3) is 0.276. The molecule has 0 radical (unpaired) electrons. The van der Waals surface area contributed by atoms with Gasteiger partial charge >= 0.3 is 0 Å². The third-order valence-corrected chi connectivity index (χ3v) is 6.58. The standard InChI is InChI=1S/C29H29N5O2/c1-17(21-15-32-28(33-16-21)19-7-8-30-26(35)12-19)9-18-10-22(23-13-27(36)34-24(23)11-18)20-5-6-25(31-14-20)29(2,3)4/h5-8,10-12,14-17H,9,13H2,1-4H3,(H,30,35)(H,34,36)/t17-/m1/s1. The number of nitrogens with zero attached hydrogens (tertiary/aromatic N) is 3. The third-order valence-electron chi connectivity index (χ3n) is 6.58. The average molecular weight is 480 g/mol. The van der Waals surface area contributed by atoms with E-state index in [4.69, 9.17) is 4.98 Å². The summed E-state index contributed by atoms with van der Waals surface area (Å²) in [6, 6.07) is 11.7. The molecule has 1 aliphatic rings. The van der Waals surface area contributed by atoms with Gasteiger partial charge in [-0.15, -0.1) is 0 Å². The first-order chi connectivity index (χ1) is 17.2. The summed E-state index contributed by atoms with van der Waals surface area (Å²) in [6.45, 7) is 8.57. The minimum absolute atomic E-state index is 0.0134. The summed E-state index contributed by atoms with van der Waals surface area (Å²) in [5, 5.41) is 3.01. The number of anilines is 1. The van der Waals surface area contributed by atoms with Crippen LogP contribution in [0.3, 0.4) is 0 Å². The second-order valence-electron chi connectivity index (χ2n) is 10.5. The number of nitrogens with one attached hydrogen (secondary N) is 2. The number of fused-ring (bicyclic) bond motifs is 1. The number of pyridine rings is 2. The van der Waals surface area contributed by atoms with Crippen LogP contribution in [0.1, 0.15) is 56.0 Å². The molecule has 3 aromatic heterocycles. The number of carbonyl (C=O) groups is 1. The summed E-state index contributed by atoms with van der Waals surface area (Å²) < 4.78 is 0. The van der Waals surface area contributed by atoms with E-state index in [1.807, 2.05) is 18.6 Å². The predicted molar refractivity (Wildman–Crippen MR) is 141 cm³/mol. The lowest BCUT2D eigenvalue weighted by Gasteiger charge is -2.19. The number of carbonyl (C=O) groups excluding carboxylic acids is 1. The van der Waals surface area contributed by atoms with Crippen LogP contribution in [-0.4, -0.2) is 25.8 Å². The van der Waals surface area contributed by atoms with Crippen molar-refractivity contribution in [2.75, 3.05) is 5.32 Å². The summed E-state index contributed by atoms with van der Waals surface area (Å²) in [6.07, 6.45) is 8.27. The number of aromatic nitrogens is 4. The van der Waals surface area contributed by atoms with Crippen LogP contribution in [0.15, 0.2) is 66.0 Å². The van der Waals surface area contributed by atoms with Crippen LogP contribution >= 0.6 is 0 Å². The Balaban J connectivity index is 1.42. The zero-order valence-electron chi connectivity index (χ0n) is 20.9. The van der Waals surface area contributed by atoms with Gasteiger partial charge in [0.25, 0.3) is 0 Å². The maximum absolute atomic E-state index is 12.2. The highest BCUT2D eigenvalue weighted by Crippen LogP contribution is 2.36. The molecule has 36 heavy (non-hydrogen) atoms. The van der Waals surface area contributed by atoms with E-state index < -0.39 is 0 Å².